The van der Waals surface area contributed by atoms with E-state index in [1.807, 2.05) is 6.92 Å². The predicted molar refractivity (Wildman–Crippen MR) is 55.5 cm³/mol. The lowest BCUT2D eigenvalue weighted by Gasteiger charge is -2.03. The van der Waals surface area contributed by atoms with E-state index in [-0.39, 0.29) is 10.8 Å². The third-order valence-electron chi connectivity index (χ3n) is 1.92. The molecule has 5 nitrogen and oxygen atoms in total. The first-order valence-corrected chi connectivity index (χ1v) is 5.90. The van der Waals surface area contributed by atoms with E-state index in [9.17, 15) is 8.42 Å². The van der Waals surface area contributed by atoms with Gasteiger partial charge in [-0.3, -0.25) is 0 Å². The van der Waals surface area contributed by atoms with E-state index in [1.165, 1.54) is 24.5 Å². The zero-order chi connectivity index (χ0) is 11.6. The molecule has 2 rings (SSSR count). The maximum Gasteiger partial charge on any atom is 0.340 e. The van der Waals surface area contributed by atoms with Crippen molar-refractivity contribution >= 4 is 10.1 Å². The molecule has 0 unspecified atom stereocenters. The second-order valence-electron chi connectivity index (χ2n) is 3.19. The van der Waals surface area contributed by atoms with Crippen molar-refractivity contribution in [3.05, 3.63) is 42.2 Å². The summed E-state index contributed by atoms with van der Waals surface area (Å²) < 4.78 is 32.6. The van der Waals surface area contributed by atoms with Gasteiger partial charge in [0.1, 0.15) is 11.2 Å². The van der Waals surface area contributed by atoms with Crippen LogP contribution in [-0.4, -0.2) is 13.6 Å². The van der Waals surface area contributed by atoms with Gasteiger partial charge in [0, 0.05) is 6.07 Å². The highest BCUT2D eigenvalue weighted by atomic mass is 32.2. The van der Waals surface area contributed by atoms with Crippen LogP contribution in [0.3, 0.4) is 0 Å². The molecule has 0 saturated carbocycles. The number of aryl methyl sites for hydroxylation is 1. The van der Waals surface area contributed by atoms with Crippen LogP contribution in [0.4, 0.5) is 0 Å². The Labute approximate surface area is 92.8 Å². The van der Waals surface area contributed by atoms with Crippen molar-refractivity contribution in [1.29, 1.82) is 0 Å². The van der Waals surface area contributed by atoms with Crippen LogP contribution in [0.2, 0.25) is 0 Å². The van der Waals surface area contributed by atoms with Crippen molar-refractivity contribution < 1.29 is 17.1 Å². The lowest BCUT2D eigenvalue weighted by Crippen LogP contribution is -2.09. The summed E-state index contributed by atoms with van der Waals surface area (Å²) in [6.45, 7) is 1.87. The van der Waals surface area contributed by atoms with Crippen LogP contribution < -0.4 is 4.18 Å². The molecule has 0 atom stereocenters. The fraction of sp³-hybridized carbons (Fsp3) is 0.100. The molecule has 0 aliphatic rings. The van der Waals surface area contributed by atoms with Gasteiger partial charge >= 0.3 is 10.1 Å². The fourth-order valence-electron chi connectivity index (χ4n) is 1.11. The highest BCUT2D eigenvalue weighted by Gasteiger charge is 2.17. The molecule has 0 bridgehead atoms. The van der Waals surface area contributed by atoms with E-state index in [2.05, 4.69) is 9.68 Å². The van der Waals surface area contributed by atoms with Gasteiger partial charge in [-0.25, -0.2) is 0 Å². The van der Waals surface area contributed by atoms with Crippen molar-refractivity contribution in [3.8, 4) is 5.88 Å². The Hall–Kier alpha value is -1.82. The molecule has 1 aromatic heterocycles. The average Bonchev–Trinajstić information content (AvgIpc) is 2.70. The Balaban J connectivity index is 2.29. The summed E-state index contributed by atoms with van der Waals surface area (Å²) in [7, 11) is -3.82. The zero-order valence-corrected chi connectivity index (χ0v) is 9.27. The molecule has 0 saturated heterocycles. The Morgan fingerprint density at radius 2 is 1.88 bits per heavy atom. The van der Waals surface area contributed by atoms with Crippen LogP contribution in [0.1, 0.15) is 5.56 Å². The lowest BCUT2D eigenvalue weighted by molar-refractivity contribution is 0.383. The van der Waals surface area contributed by atoms with Gasteiger partial charge in [-0.15, -0.1) is 0 Å². The van der Waals surface area contributed by atoms with Crippen LogP contribution in [0.15, 0.2) is 46.0 Å². The number of aromatic nitrogens is 1. The van der Waals surface area contributed by atoms with Crippen molar-refractivity contribution in [2.75, 3.05) is 0 Å². The fourth-order valence-corrected chi connectivity index (χ4v) is 1.99. The third kappa shape index (κ3) is 2.22. The SMILES string of the molecule is Cc1ccc(S(=O)(=O)Oc2ccon2)cc1. The minimum Gasteiger partial charge on any atom is -0.361 e. The summed E-state index contributed by atoms with van der Waals surface area (Å²) in [6.07, 6.45) is 1.24. The molecule has 0 fully saturated rings. The molecule has 0 aliphatic carbocycles. The smallest absolute Gasteiger partial charge is 0.340 e. The normalized spacial score (nSPS) is 11.3. The molecule has 2 aromatic rings. The molecule has 0 spiro atoms. The first-order chi connectivity index (χ1) is 7.58. The Morgan fingerprint density at radius 3 is 2.44 bits per heavy atom. The molecule has 84 valence electrons. The molecular weight excluding hydrogens is 230 g/mol. The van der Waals surface area contributed by atoms with Gasteiger partial charge in [0.15, 0.2) is 0 Å². The topological polar surface area (TPSA) is 69.4 Å². The van der Waals surface area contributed by atoms with E-state index >= 15 is 0 Å². The molecule has 0 aliphatic heterocycles. The van der Waals surface area contributed by atoms with Crippen molar-refractivity contribution in [3.63, 3.8) is 0 Å². The Morgan fingerprint density at radius 1 is 1.19 bits per heavy atom. The number of hydrogen-bond acceptors (Lipinski definition) is 5. The van der Waals surface area contributed by atoms with Crippen LogP contribution in [-0.2, 0) is 10.1 Å². The van der Waals surface area contributed by atoms with E-state index in [1.54, 1.807) is 12.1 Å². The number of nitrogens with zero attached hydrogens (tertiary/aromatic N) is 1. The third-order valence-corrected chi connectivity index (χ3v) is 3.16. The second kappa shape index (κ2) is 3.97. The van der Waals surface area contributed by atoms with Crippen molar-refractivity contribution in [2.45, 2.75) is 11.8 Å². The van der Waals surface area contributed by atoms with Gasteiger partial charge in [0.2, 0.25) is 0 Å². The Kier molecular flexibility index (Phi) is 2.66. The average molecular weight is 239 g/mol. The molecule has 1 aromatic carbocycles. The monoisotopic (exact) mass is 239 g/mol. The van der Waals surface area contributed by atoms with Gasteiger partial charge in [-0.1, -0.05) is 17.7 Å². The summed E-state index contributed by atoms with van der Waals surface area (Å²) in [4.78, 5) is 0.0844. The molecule has 16 heavy (non-hydrogen) atoms. The molecular formula is C10H9NO4S. The van der Waals surface area contributed by atoms with Crippen LogP contribution in [0.25, 0.3) is 0 Å². The van der Waals surface area contributed by atoms with Crippen LogP contribution >= 0.6 is 0 Å². The molecule has 0 amide bonds. The lowest BCUT2D eigenvalue weighted by atomic mass is 10.2. The van der Waals surface area contributed by atoms with Crippen LogP contribution in [0, 0.1) is 6.92 Å². The maximum absolute atomic E-state index is 11.7. The minimum absolute atomic E-state index is 0.0828. The highest BCUT2D eigenvalue weighted by Crippen LogP contribution is 2.16. The predicted octanol–water partition coefficient (Wildman–Crippen LogP) is 1.75. The van der Waals surface area contributed by atoms with Gasteiger partial charge in [0.25, 0.3) is 5.88 Å². The first-order valence-electron chi connectivity index (χ1n) is 4.49. The molecule has 1 heterocycles. The van der Waals surface area contributed by atoms with E-state index < -0.39 is 10.1 Å². The summed E-state index contributed by atoms with van der Waals surface area (Å²) in [5.41, 5.74) is 0.973. The van der Waals surface area contributed by atoms with Gasteiger partial charge in [-0.2, -0.15) is 8.42 Å². The number of rotatable bonds is 3. The molecule has 6 heteroatoms. The summed E-state index contributed by atoms with van der Waals surface area (Å²) in [6, 6.07) is 7.67. The Bertz CT molecular complexity index is 557. The quantitative estimate of drug-likeness (QED) is 0.763. The number of benzene rings is 1. The van der Waals surface area contributed by atoms with E-state index in [0.717, 1.165) is 5.56 Å². The highest BCUT2D eigenvalue weighted by molar-refractivity contribution is 7.87. The summed E-state index contributed by atoms with van der Waals surface area (Å²) in [5, 5.41) is 3.37. The standard InChI is InChI=1S/C10H9NO4S/c1-8-2-4-9(5-3-8)16(12,13)15-10-6-7-14-11-10/h2-7H,1H3. The van der Waals surface area contributed by atoms with E-state index in [0.29, 0.717) is 0 Å². The van der Waals surface area contributed by atoms with Crippen molar-refractivity contribution in [1.82, 2.24) is 5.16 Å². The number of hydrogen-bond donors (Lipinski definition) is 0. The minimum atomic E-state index is -3.82. The zero-order valence-electron chi connectivity index (χ0n) is 8.45. The van der Waals surface area contributed by atoms with Gasteiger partial charge in [0.05, 0.1) is 0 Å². The van der Waals surface area contributed by atoms with Gasteiger partial charge < -0.3 is 8.71 Å². The summed E-state index contributed by atoms with van der Waals surface area (Å²) in [5.74, 6) is -0.0828. The molecule has 0 N–H and O–H groups in total. The molecule has 0 radical (unpaired) electrons. The summed E-state index contributed by atoms with van der Waals surface area (Å²) >= 11 is 0. The second-order valence-corrected chi connectivity index (χ2v) is 4.73. The maximum atomic E-state index is 11.7. The largest absolute Gasteiger partial charge is 0.361 e. The van der Waals surface area contributed by atoms with Crippen molar-refractivity contribution in [2.24, 2.45) is 0 Å². The van der Waals surface area contributed by atoms with E-state index in [4.69, 9.17) is 4.18 Å². The first kappa shape index (κ1) is 10.7. The van der Waals surface area contributed by atoms with Crippen LogP contribution in [0.5, 0.6) is 5.88 Å². The van der Waals surface area contributed by atoms with Gasteiger partial charge in [-0.05, 0) is 24.2 Å².